The fourth-order valence-electron chi connectivity index (χ4n) is 2.91. The van der Waals surface area contributed by atoms with Crippen molar-refractivity contribution in [2.45, 2.75) is 12.8 Å². The number of benzene rings is 1. The Morgan fingerprint density at radius 2 is 1.89 bits per heavy atom. The molecule has 0 unspecified atom stereocenters. The van der Waals surface area contributed by atoms with Crippen LogP contribution in [0.3, 0.4) is 0 Å². The highest BCUT2D eigenvalue weighted by Crippen LogP contribution is 2.04. The van der Waals surface area contributed by atoms with Crippen molar-refractivity contribution in [2.24, 2.45) is 0 Å². The molecule has 1 aliphatic heterocycles. The molecule has 0 bridgehead atoms. The molecule has 0 spiro atoms. The molecule has 2 rings (SSSR count). The lowest BCUT2D eigenvalue weighted by Gasteiger charge is -2.24. The maximum absolute atomic E-state index is 12.2. The lowest BCUT2D eigenvalue weighted by Crippen LogP contribution is -2.44. The van der Waals surface area contributed by atoms with Crippen LogP contribution < -0.4 is 10.6 Å². The second-order valence-electron chi connectivity index (χ2n) is 6.44. The molecule has 1 fully saturated rings. The standard InChI is InChI=1S/C19H28N4O3S/c1-26-18(25)14-21-19(27)23-11-5-10-22(12-13-23)15-17(24)20-9-8-16-6-3-2-4-7-16/h2-4,6-7H,5,8-15H2,1H3,(H,20,24)(H,21,27). The highest BCUT2D eigenvalue weighted by Gasteiger charge is 2.19. The van der Waals surface area contributed by atoms with E-state index in [1.54, 1.807) is 0 Å². The second-order valence-corrected chi connectivity index (χ2v) is 6.82. The predicted molar refractivity (Wildman–Crippen MR) is 108 cm³/mol. The van der Waals surface area contributed by atoms with E-state index in [4.69, 9.17) is 12.2 Å². The first-order chi connectivity index (χ1) is 13.1. The van der Waals surface area contributed by atoms with Crippen LogP contribution in [0.2, 0.25) is 0 Å². The smallest absolute Gasteiger partial charge is 0.325 e. The van der Waals surface area contributed by atoms with Gasteiger partial charge in [0.05, 0.1) is 13.7 Å². The van der Waals surface area contributed by atoms with Gasteiger partial charge >= 0.3 is 5.97 Å². The van der Waals surface area contributed by atoms with Crippen LogP contribution in [0.25, 0.3) is 0 Å². The van der Waals surface area contributed by atoms with Crippen LogP contribution in [0.15, 0.2) is 30.3 Å². The third-order valence-electron chi connectivity index (χ3n) is 4.43. The van der Waals surface area contributed by atoms with Gasteiger partial charge in [-0.25, -0.2) is 0 Å². The predicted octanol–water partition coefficient (Wildman–Crippen LogP) is 0.401. The molecule has 0 radical (unpaired) electrons. The lowest BCUT2D eigenvalue weighted by molar-refractivity contribution is -0.139. The molecule has 1 aliphatic rings. The number of ether oxygens (including phenoxy) is 1. The molecule has 1 heterocycles. The summed E-state index contributed by atoms with van der Waals surface area (Å²) in [6, 6.07) is 10.1. The molecular formula is C19H28N4O3S. The fourth-order valence-corrected chi connectivity index (χ4v) is 3.17. The molecule has 1 amide bonds. The first-order valence-corrected chi connectivity index (χ1v) is 9.62. The molecule has 0 saturated carbocycles. The van der Waals surface area contributed by atoms with Gasteiger partial charge in [-0.2, -0.15) is 0 Å². The van der Waals surface area contributed by atoms with Crippen LogP contribution in [-0.2, 0) is 20.7 Å². The van der Waals surface area contributed by atoms with Gasteiger partial charge in [0, 0.05) is 32.7 Å². The summed E-state index contributed by atoms with van der Waals surface area (Å²) < 4.78 is 4.60. The molecule has 0 aromatic heterocycles. The van der Waals surface area contributed by atoms with Crippen LogP contribution >= 0.6 is 12.2 Å². The summed E-state index contributed by atoms with van der Waals surface area (Å²) >= 11 is 5.34. The lowest BCUT2D eigenvalue weighted by atomic mass is 10.1. The van der Waals surface area contributed by atoms with E-state index in [0.717, 1.165) is 39.0 Å². The normalized spacial score (nSPS) is 14.9. The minimum Gasteiger partial charge on any atom is -0.468 e. The number of hydrogen-bond acceptors (Lipinski definition) is 5. The van der Waals surface area contributed by atoms with Crippen LogP contribution in [-0.4, -0.2) is 79.7 Å². The van der Waals surface area contributed by atoms with E-state index in [-0.39, 0.29) is 18.4 Å². The summed E-state index contributed by atoms with van der Waals surface area (Å²) in [6.45, 7) is 4.24. The van der Waals surface area contributed by atoms with E-state index in [1.807, 2.05) is 23.1 Å². The summed E-state index contributed by atoms with van der Waals surface area (Å²) in [5.41, 5.74) is 1.22. The average molecular weight is 393 g/mol. The zero-order valence-electron chi connectivity index (χ0n) is 15.8. The zero-order chi connectivity index (χ0) is 19.5. The Kier molecular flexibility index (Phi) is 9.00. The van der Waals surface area contributed by atoms with Gasteiger partial charge in [0.1, 0.15) is 6.54 Å². The third-order valence-corrected chi connectivity index (χ3v) is 4.84. The Hall–Kier alpha value is -2.19. The zero-order valence-corrected chi connectivity index (χ0v) is 16.6. The fraction of sp³-hybridized carbons (Fsp3) is 0.526. The number of esters is 1. The van der Waals surface area contributed by atoms with Gasteiger partial charge in [-0.1, -0.05) is 30.3 Å². The quantitative estimate of drug-likeness (QED) is 0.514. The number of methoxy groups -OCH3 is 1. The topological polar surface area (TPSA) is 73.9 Å². The van der Waals surface area contributed by atoms with Crippen LogP contribution in [0, 0.1) is 0 Å². The van der Waals surface area contributed by atoms with E-state index in [0.29, 0.717) is 18.2 Å². The summed E-state index contributed by atoms with van der Waals surface area (Å²) in [4.78, 5) is 27.6. The minimum atomic E-state index is -0.346. The summed E-state index contributed by atoms with van der Waals surface area (Å²) in [5.74, 6) is -0.299. The van der Waals surface area contributed by atoms with E-state index < -0.39 is 0 Å². The Morgan fingerprint density at radius 3 is 2.63 bits per heavy atom. The number of amides is 1. The highest BCUT2D eigenvalue weighted by atomic mass is 32.1. The number of nitrogens with one attached hydrogen (secondary N) is 2. The van der Waals surface area contributed by atoms with Gasteiger partial charge in [-0.15, -0.1) is 0 Å². The van der Waals surface area contributed by atoms with E-state index in [9.17, 15) is 9.59 Å². The minimum absolute atomic E-state index is 0.0470. The number of carbonyl (C=O) groups is 2. The molecule has 8 heteroatoms. The van der Waals surface area contributed by atoms with Crippen LogP contribution in [0.4, 0.5) is 0 Å². The largest absolute Gasteiger partial charge is 0.468 e. The Balaban J connectivity index is 1.66. The Labute approximate surface area is 166 Å². The Bertz CT molecular complexity index is 627. The van der Waals surface area contributed by atoms with Crippen molar-refractivity contribution in [3.63, 3.8) is 0 Å². The van der Waals surface area contributed by atoms with Gasteiger partial charge in [0.25, 0.3) is 0 Å². The molecule has 0 atom stereocenters. The monoisotopic (exact) mass is 392 g/mol. The van der Waals surface area contributed by atoms with Crippen molar-refractivity contribution in [3.05, 3.63) is 35.9 Å². The molecule has 1 aromatic carbocycles. The number of thiocarbonyl (C=S) groups is 1. The first-order valence-electron chi connectivity index (χ1n) is 9.21. The van der Waals surface area contributed by atoms with Crippen molar-refractivity contribution >= 4 is 29.2 Å². The molecule has 2 N–H and O–H groups in total. The number of carbonyl (C=O) groups excluding carboxylic acids is 2. The highest BCUT2D eigenvalue weighted by molar-refractivity contribution is 7.80. The molecule has 27 heavy (non-hydrogen) atoms. The molecule has 148 valence electrons. The van der Waals surface area contributed by atoms with Crippen molar-refractivity contribution in [3.8, 4) is 0 Å². The summed E-state index contributed by atoms with van der Waals surface area (Å²) in [6.07, 6.45) is 1.75. The van der Waals surface area contributed by atoms with Crippen molar-refractivity contribution in [1.29, 1.82) is 0 Å². The molecule has 1 aromatic rings. The average Bonchev–Trinajstić information content (AvgIpc) is 2.92. The Morgan fingerprint density at radius 1 is 1.11 bits per heavy atom. The van der Waals surface area contributed by atoms with Gasteiger partial charge in [0.2, 0.25) is 5.91 Å². The van der Waals surface area contributed by atoms with Gasteiger partial charge in [0.15, 0.2) is 5.11 Å². The van der Waals surface area contributed by atoms with E-state index in [1.165, 1.54) is 12.7 Å². The SMILES string of the molecule is COC(=O)CNC(=S)N1CCCN(CC(=O)NCCc2ccccc2)CC1. The summed E-state index contributed by atoms with van der Waals surface area (Å²) in [7, 11) is 1.35. The number of rotatable bonds is 7. The maximum atomic E-state index is 12.2. The van der Waals surface area contributed by atoms with E-state index in [2.05, 4.69) is 32.4 Å². The second kappa shape index (κ2) is 11.5. The van der Waals surface area contributed by atoms with Crippen LogP contribution in [0.5, 0.6) is 0 Å². The van der Waals surface area contributed by atoms with Crippen molar-refractivity contribution in [2.75, 3.05) is 52.9 Å². The number of nitrogens with zero attached hydrogens (tertiary/aromatic N) is 2. The molecular weight excluding hydrogens is 364 g/mol. The van der Waals surface area contributed by atoms with Crippen molar-refractivity contribution in [1.82, 2.24) is 20.4 Å². The first kappa shape index (κ1) is 21.1. The van der Waals surface area contributed by atoms with Crippen molar-refractivity contribution < 1.29 is 14.3 Å². The molecule has 0 aliphatic carbocycles. The summed E-state index contributed by atoms with van der Waals surface area (Å²) in [5, 5.41) is 6.45. The van der Waals surface area contributed by atoms with E-state index >= 15 is 0 Å². The van der Waals surface area contributed by atoms with Gasteiger partial charge in [-0.3, -0.25) is 14.5 Å². The maximum Gasteiger partial charge on any atom is 0.325 e. The molecule has 1 saturated heterocycles. The third kappa shape index (κ3) is 7.92. The number of hydrogen-bond donors (Lipinski definition) is 2. The molecule has 7 nitrogen and oxygen atoms in total. The van der Waals surface area contributed by atoms with Gasteiger partial charge in [-0.05, 0) is 30.6 Å². The van der Waals surface area contributed by atoms with Crippen LogP contribution in [0.1, 0.15) is 12.0 Å². The van der Waals surface area contributed by atoms with Gasteiger partial charge < -0.3 is 20.3 Å².